The molecule has 3 nitrogen and oxygen atoms in total. The first-order valence-corrected chi connectivity index (χ1v) is 6.45. The van der Waals surface area contributed by atoms with E-state index in [-0.39, 0.29) is 17.8 Å². The molecule has 2 atom stereocenters. The van der Waals surface area contributed by atoms with E-state index in [1.54, 1.807) is 14.2 Å². The summed E-state index contributed by atoms with van der Waals surface area (Å²) in [6.07, 6.45) is 2.94. The second kappa shape index (κ2) is 7.74. The zero-order valence-corrected chi connectivity index (χ0v) is 11.9. The number of ketones is 1. The highest BCUT2D eigenvalue weighted by atomic mass is 16.5. The molecule has 0 saturated heterocycles. The summed E-state index contributed by atoms with van der Waals surface area (Å²) in [6.45, 7) is 5.43. The SMILES string of the molecule is C=CC(=O)C(C)CCC(OC)c1cccc(OC)c1. The maximum atomic E-state index is 11.5. The number of carbonyl (C=O) groups excluding carboxylic acids is 1. The van der Waals surface area contributed by atoms with Gasteiger partial charge in [-0.3, -0.25) is 4.79 Å². The van der Waals surface area contributed by atoms with E-state index in [4.69, 9.17) is 9.47 Å². The molecule has 0 aliphatic carbocycles. The summed E-state index contributed by atoms with van der Waals surface area (Å²) in [5.74, 6) is 0.885. The van der Waals surface area contributed by atoms with Crippen LogP contribution in [0.3, 0.4) is 0 Å². The summed E-state index contributed by atoms with van der Waals surface area (Å²) in [4.78, 5) is 11.5. The molecule has 1 aromatic carbocycles. The van der Waals surface area contributed by atoms with Crippen LogP contribution in [0.25, 0.3) is 0 Å². The van der Waals surface area contributed by atoms with E-state index in [0.29, 0.717) is 0 Å². The first-order chi connectivity index (χ1) is 9.12. The normalized spacial score (nSPS) is 13.6. The van der Waals surface area contributed by atoms with E-state index >= 15 is 0 Å². The van der Waals surface area contributed by atoms with Gasteiger partial charge in [-0.25, -0.2) is 0 Å². The highest BCUT2D eigenvalue weighted by molar-refractivity contribution is 5.90. The summed E-state index contributed by atoms with van der Waals surface area (Å²) >= 11 is 0. The van der Waals surface area contributed by atoms with Gasteiger partial charge in [-0.1, -0.05) is 25.6 Å². The standard InChI is InChI=1S/C16H22O3/c1-5-15(17)12(2)9-10-16(19-4)13-7-6-8-14(11-13)18-3/h5-8,11-12,16H,1,9-10H2,2-4H3. The Morgan fingerprint density at radius 1 is 1.37 bits per heavy atom. The van der Waals surface area contributed by atoms with Gasteiger partial charge in [-0.15, -0.1) is 0 Å². The van der Waals surface area contributed by atoms with Crippen LogP contribution in [0.1, 0.15) is 31.4 Å². The maximum Gasteiger partial charge on any atom is 0.157 e. The molecule has 0 aliphatic rings. The molecule has 1 aromatic rings. The van der Waals surface area contributed by atoms with Crippen molar-refractivity contribution in [3.8, 4) is 5.75 Å². The molecule has 0 spiro atoms. The lowest BCUT2D eigenvalue weighted by Gasteiger charge is -2.18. The number of hydrogen-bond acceptors (Lipinski definition) is 3. The summed E-state index contributed by atoms with van der Waals surface area (Å²) < 4.78 is 10.7. The molecular formula is C16H22O3. The van der Waals surface area contributed by atoms with Crippen molar-refractivity contribution in [2.45, 2.75) is 25.9 Å². The van der Waals surface area contributed by atoms with Gasteiger partial charge < -0.3 is 9.47 Å². The summed E-state index contributed by atoms with van der Waals surface area (Å²) in [5, 5.41) is 0. The van der Waals surface area contributed by atoms with Crippen molar-refractivity contribution < 1.29 is 14.3 Å². The molecule has 19 heavy (non-hydrogen) atoms. The van der Waals surface area contributed by atoms with Crippen LogP contribution in [-0.4, -0.2) is 20.0 Å². The van der Waals surface area contributed by atoms with Gasteiger partial charge in [-0.2, -0.15) is 0 Å². The third-order valence-electron chi connectivity index (χ3n) is 3.30. The molecule has 0 N–H and O–H groups in total. The number of benzene rings is 1. The van der Waals surface area contributed by atoms with Crippen molar-refractivity contribution in [1.82, 2.24) is 0 Å². The lowest BCUT2D eigenvalue weighted by molar-refractivity contribution is -0.118. The van der Waals surface area contributed by atoms with Crippen molar-refractivity contribution in [3.05, 3.63) is 42.5 Å². The zero-order valence-electron chi connectivity index (χ0n) is 11.9. The Morgan fingerprint density at radius 3 is 2.68 bits per heavy atom. The van der Waals surface area contributed by atoms with E-state index in [1.165, 1.54) is 6.08 Å². The second-order valence-electron chi connectivity index (χ2n) is 4.59. The third-order valence-corrected chi connectivity index (χ3v) is 3.30. The fourth-order valence-corrected chi connectivity index (χ4v) is 2.01. The van der Waals surface area contributed by atoms with Gasteiger partial charge in [0, 0.05) is 13.0 Å². The Hall–Kier alpha value is -1.61. The van der Waals surface area contributed by atoms with Crippen LogP contribution < -0.4 is 4.74 Å². The summed E-state index contributed by atoms with van der Waals surface area (Å²) in [5.41, 5.74) is 1.07. The largest absolute Gasteiger partial charge is 0.497 e. The topological polar surface area (TPSA) is 35.5 Å². The molecular weight excluding hydrogens is 240 g/mol. The quantitative estimate of drug-likeness (QED) is 0.672. The molecule has 0 heterocycles. The molecule has 0 saturated carbocycles. The molecule has 3 heteroatoms. The number of hydrogen-bond donors (Lipinski definition) is 0. The van der Waals surface area contributed by atoms with Gasteiger partial charge in [0.25, 0.3) is 0 Å². The first kappa shape index (κ1) is 15.4. The Kier molecular flexibility index (Phi) is 6.30. The van der Waals surface area contributed by atoms with Gasteiger partial charge in [-0.05, 0) is 36.6 Å². The molecule has 2 unspecified atom stereocenters. The average molecular weight is 262 g/mol. The Balaban J connectivity index is 2.67. The van der Waals surface area contributed by atoms with Crippen molar-refractivity contribution in [1.29, 1.82) is 0 Å². The third kappa shape index (κ3) is 4.52. The van der Waals surface area contributed by atoms with Gasteiger partial charge in [0.1, 0.15) is 5.75 Å². The van der Waals surface area contributed by atoms with Crippen LogP contribution in [0.15, 0.2) is 36.9 Å². The molecule has 104 valence electrons. The van der Waals surface area contributed by atoms with Crippen LogP contribution in [0.5, 0.6) is 5.75 Å². The van der Waals surface area contributed by atoms with Gasteiger partial charge in [0.05, 0.1) is 13.2 Å². The highest BCUT2D eigenvalue weighted by Crippen LogP contribution is 2.27. The monoisotopic (exact) mass is 262 g/mol. The lowest BCUT2D eigenvalue weighted by Crippen LogP contribution is -2.10. The van der Waals surface area contributed by atoms with Crippen LogP contribution in [0.2, 0.25) is 0 Å². The van der Waals surface area contributed by atoms with Crippen molar-refractivity contribution in [2.75, 3.05) is 14.2 Å². The molecule has 0 aromatic heterocycles. The number of carbonyl (C=O) groups is 1. The smallest absolute Gasteiger partial charge is 0.157 e. The number of methoxy groups -OCH3 is 2. The molecule has 0 aliphatic heterocycles. The maximum absolute atomic E-state index is 11.5. The predicted octanol–water partition coefficient (Wildman–Crippen LogP) is 3.55. The van der Waals surface area contributed by atoms with Gasteiger partial charge in [0.15, 0.2) is 5.78 Å². The van der Waals surface area contributed by atoms with Gasteiger partial charge in [0.2, 0.25) is 0 Å². The van der Waals surface area contributed by atoms with Crippen molar-refractivity contribution in [2.24, 2.45) is 5.92 Å². The number of ether oxygens (including phenoxy) is 2. The van der Waals surface area contributed by atoms with E-state index in [0.717, 1.165) is 24.2 Å². The molecule has 0 bridgehead atoms. The van der Waals surface area contributed by atoms with Crippen LogP contribution >= 0.6 is 0 Å². The zero-order chi connectivity index (χ0) is 14.3. The minimum absolute atomic E-state index is 0.0132. The first-order valence-electron chi connectivity index (χ1n) is 6.45. The fourth-order valence-electron chi connectivity index (χ4n) is 2.01. The highest BCUT2D eigenvalue weighted by Gasteiger charge is 2.15. The van der Waals surface area contributed by atoms with Crippen molar-refractivity contribution in [3.63, 3.8) is 0 Å². The molecule has 0 amide bonds. The Labute approximate surface area is 115 Å². The minimum Gasteiger partial charge on any atom is -0.497 e. The van der Waals surface area contributed by atoms with E-state index < -0.39 is 0 Å². The van der Waals surface area contributed by atoms with Crippen molar-refractivity contribution >= 4 is 5.78 Å². The summed E-state index contributed by atoms with van der Waals surface area (Å²) in [7, 11) is 3.33. The summed E-state index contributed by atoms with van der Waals surface area (Å²) in [6, 6.07) is 7.82. The van der Waals surface area contributed by atoms with E-state index in [1.807, 2.05) is 31.2 Å². The van der Waals surface area contributed by atoms with Gasteiger partial charge >= 0.3 is 0 Å². The Morgan fingerprint density at radius 2 is 2.11 bits per heavy atom. The number of allylic oxidation sites excluding steroid dienone is 1. The predicted molar refractivity (Wildman–Crippen MR) is 76.3 cm³/mol. The van der Waals surface area contributed by atoms with Crippen LogP contribution in [0.4, 0.5) is 0 Å². The minimum atomic E-state index is -0.0184. The average Bonchev–Trinajstić information content (AvgIpc) is 2.47. The fraction of sp³-hybridized carbons (Fsp3) is 0.438. The molecule has 1 rings (SSSR count). The van der Waals surface area contributed by atoms with Crippen LogP contribution in [-0.2, 0) is 9.53 Å². The van der Waals surface area contributed by atoms with E-state index in [9.17, 15) is 4.79 Å². The van der Waals surface area contributed by atoms with E-state index in [2.05, 4.69) is 6.58 Å². The lowest BCUT2D eigenvalue weighted by atomic mass is 9.95. The molecule has 0 radical (unpaired) electrons. The molecule has 0 fully saturated rings. The second-order valence-corrected chi connectivity index (χ2v) is 4.59. The van der Waals surface area contributed by atoms with Crippen LogP contribution in [0, 0.1) is 5.92 Å². The Bertz CT molecular complexity index is 426. The number of rotatable bonds is 8.